The molecule has 2 fully saturated rings. The van der Waals surface area contributed by atoms with Gasteiger partial charge in [-0.25, -0.2) is 9.69 Å². The number of amides is 4. The minimum absolute atomic E-state index is 0.0977. The number of carbonyl (C=O) groups excluding carboxylic acids is 3. The van der Waals surface area contributed by atoms with Gasteiger partial charge in [0.15, 0.2) is 0 Å². The molecule has 0 atom stereocenters. The summed E-state index contributed by atoms with van der Waals surface area (Å²) in [7, 11) is 1.57. The average molecular weight is 513 g/mol. The number of ether oxygens (including phenoxy) is 1. The van der Waals surface area contributed by atoms with Crippen molar-refractivity contribution in [3.8, 4) is 5.75 Å². The van der Waals surface area contributed by atoms with Gasteiger partial charge in [0, 0.05) is 40.6 Å². The van der Waals surface area contributed by atoms with E-state index in [0.717, 1.165) is 28.1 Å². The number of piperidine rings is 1. The molecule has 0 aromatic heterocycles. The zero-order chi connectivity index (χ0) is 23.4. The predicted molar refractivity (Wildman–Crippen MR) is 130 cm³/mol. The lowest BCUT2D eigenvalue weighted by Gasteiger charge is -2.29. The van der Waals surface area contributed by atoms with E-state index >= 15 is 0 Å². The first-order valence-electron chi connectivity index (χ1n) is 10.8. The molecule has 33 heavy (non-hydrogen) atoms. The molecule has 4 amide bonds. The lowest BCUT2D eigenvalue weighted by molar-refractivity contribution is -0.127. The Morgan fingerprint density at radius 1 is 1.12 bits per heavy atom. The summed E-state index contributed by atoms with van der Waals surface area (Å²) in [5.74, 6) is -0.419. The number of hydrogen-bond donors (Lipinski definition) is 2. The maximum atomic E-state index is 12.8. The summed E-state index contributed by atoms with van der Waals surface area (Å²) in [5.41, 5.74) is 2.41. The summed E-state index contributed by atoms with van der Waals surface area (Å²) in [6, 6.07) is 12.2. The monoisotopic (exact) mass is 512 g/mol. The van der Waals surface area contributed by atoms with E-state index < -0.39 is 17.8 Å². The highest BCUT2D eigenvalue weighted by Gasteiger charge is 2.35. The van der Waals surface area contributed by atoms with Crippen LogP contribution in [-0.2, 0) is 9.59 Å². The van der Waals surface area contributed by atoms with Gasteiger partial charge in [0.1, 0.15) is 18.0 Å². The van der Waals surface area contributed by atoms with Gasteiger partial charge in [0.2, 0.25) is 5.91 Å². The van der Waals surface area contributed by atoms with Gasteiger partial charge in [-0.05, 0) is 61.7 Å². The van der Waals surface area contributed by atoms with Crippen LogP contribution in [0.1, 0.15) is 24.8 Å². The van der Waals surface area contributed by atoms with E-state index in [0.29, 0.717) is 17.0 Å². The van der Waals surface area contributed by atoms with Gasteiger partial charge in [-0.15, -0.1) is 0 Å². The molecule has 2 aliphatic rings. The normalized spacial score (nSPS) is 17.3. The van der Waals surface area contributed by atoms with Gasteiger partial charge in [-0.2, -0.15) is 0 Å². The summed E-state index contributed by atoms with van der Waals surface area (Å²) >= 11 is 3.33. The number of hydrogen-bond acceptors (Lipinski definition) is 5. The number of anilines is 2. The van der Waals surface area contributed by atoms with Crippen molar-refractivity contribution < 1.29 is 19.1 Å². The van der Waals surface area contributed by atoms with Gasteiger partial charge in [0.05, 0.1) is 7.11 Å². The smallest absolute Gasteiger partial charge is 0.329 e. The van der Waals surface area contributed by atoms with Crippen LogP contribution in [0.2, 0.25) is 0 Å². The molecular formula is C24H25BrN4O4. The number of methoxy groups -OCH3 is 1. The quantitative estimate of drug-likeness (QED) is 0.451. The third-order valence-corrected chi connectivity index (χ3v) is 6.16. The first-order valence-corrected chi connectivity index (χ1v) is 11.6. The zero-order valence-corrected chi connectivity index (χ0v) is 19.9. The summed E-state index contributed by atoms with van der Waals surface area (Å²) in [4.78, 5) is 40.7. The molecule has 0 radical (unpaired) electrons. The lowest BCUT2D eigenvalue weighted by Crippen LogP contribution is -2.38. The van der Waals surface area contributed by atoms with Crippen LogP contribution >= 0.6 is 15.9 Å². The Morgan fingerprint density at radius 3 is 2.55 bits per heavy atom. The predicted octanol–water partition coefficient (Wildman–Crippen LogP) is 3.98. The van der Waals surface area contributed by atoms with Crippen molar-refractivity contribution in [1.82, 2.24) is 10.2 Å². The van der Waals surface area contributed by atoms with Gasteiger partial charge in [-0.3, -0.25) is 9.59 Å². The van der Waals surface area contributed by atoms with Crippen LogP contribution < -0.4 is 20.3 Å². The minimum atomic E-state index is -0.638. The molecule has 0 bridgehead atoms. The number of benzene rings is 2. The number of nitrogens with one attached hydrogen (secondary N) is 2. The van der Waals surface area contributed by atoms with E-state index in [2.05, 4.69) is 31.5 Å². The molecule has 2 aromatic carbocycles. The van der Waals surface area contributed by atoms with E-state index in [9.17, 15) is 14.4 Å². The minimum Gasteiger partial charge on any atom is -0.496 e. The number of carbonyl (C=O) groups is 3. The molecule has 0 aliphatic carbocycles. The molecule has 2 saturated heterocycles. The Hall–Kier alpha value is -3.33. The largest absolute Gasteiger partial charge is 0.496 e. The van der Waals surface area contributed by atoms with Crippen LogP contribution in [0.15, 0.2) is 52.6 Å². The summed E-state index contributed by atoms with van der Waals surface area (Å²) in [6.07, 6.45) is 5.16. The first-order chi connectivity index (χ1) is 15.9. The van der Waals surface area contributed by atoms with E-state index in [1.165, 1.54) is 19.3 Å². The Balaban J connectivity index is 1.46. The van der Waals surface area contributed by atoms with E-state index in [1.54, 1.807) is 37.5 Å². The average Bonchev–Trinajstić information content (AvgIpc) is 3.08. The second-order valence-electron chi connectivity index (χ2n) is 7.91. The van der Waals surface area contributed by atoms with Gasteiger partial charge >= 0.3 is 6.03 Å². The maximum Gasteiger partial charge on any atom is 0.329 e. The van der Waals surface area contributed by atoms with Crippen LogP contribution in [-0.4, -0.2) is 49.5 Å². The SMILES string of the molecule is COc1cc(N2CCCCC2)ccc1/C=C1\NC(=O)N(CC(=O)Nc2ccc(Br)cc2)C1=O. The molecule has 2 aromatic rings. The number of halogens is 1. The standard InChI is InChI=1S/C24H25BrN4O4/c1-33-21-14-19(28-11-3-2-4-12-28)10-5-16(21)13-20-23(31)29(24(32)27-20)15-22(30)26-18-8-6-17(25)7-9-18/h5-10,13-14H,2-4,11-12,15H2,1H3,(H,26,30)(H,27,32)/b20-13-. The van der Waals surface area contributed by atoms with E-state index in [-0.39, 0.29) is 12.2 Å². The van der Waals surface area contributed by atoms with Crippen LogP contribution in [0.25, 0.3) is 6.08 Å². The molecule has 0 saturated carbocycles. The number of urea groups is 1. The fraction of sp³-hybridized carbons (Fsp3) is 0.292. The van der Waals surface area contributed by atoms with Crippen molar-refractivity contribution in [2.24, 2.45) is 0 Å². The van der Waals surface area contributed by atoms with Crippen LogP contribution in [0, 0.1) is 0 Å². The number of nitrogens with zero attached hydrogens (tertiary/aromatic N) is 2. The molecule has 172 valence electrons. The number of rotatable bonds is 6. The maximum absolute atomic E-state index is 12.8. The van der Waals surface area contributed by atoms with Gasteiger partial charge in [-0.1, -0.05) is 15.9 Å². The second kappa shape index (κ2) is 10.1. The third-order valence-electron chi connectivity index (χ3n) is 5.63. The fourth-order valence-corrected chi connectivity index (χ4v) is 4.18. The Kier molecular flexibility index (Phi) is 6.98. The molecule has 2 N–H and O–H groups in total. The van der Waals surface area contributed by atoms with Crippen molar-refractivity contribution in [2.45, 2.75) is 19.3 Å². The van der Waals surface area contributed by atoms with Gasteiger partial charge < -0.3 is 20.3 Å². The lowest BCUT2D eigenvalue weighted by atomic mass is 10.1. The molecule has 8 nitrogen and oxygen atoms in total. The molecule has 4 rings (SSSR count). The molecule has 2 aliphatic heterocycles. The second-order valence-corrected chi connectivity index (χ2v) is 8.82. The first kappa shape index (κ1) is 22.8. The van der Waals surface area contributed by atoms with Crippen molar-refractivity contribution in [3.63, 3.8) is 0 Å². The highest BCUT2D eigenvalue weighted by atomic mass is 79.9. The Bertz CT molecular complexity index is 1090. The highest BCUT2D eigenvalue weighted by molar-refractivity contribution is 9.10. The van der Waals surface area contributed by atoms with Crippen molar-refractivity contribution in [1.29, 1.82) is 0 Å². The summed E-state index contributed by atoms with van der Waals surface area (Å²) in [6.45, 7) is 1.63. The Labute approximate surface area is 200 Å². The molecule has 2 heterocycles. The molecule has 0 unspecified atom stereocenters. The van der Waals surface area contributed by atoms with Gasteiger partial charge in [0.25, 0.3) is 5.91 Å². The van der Waals surface area contributed by atoms with Crippen LogP contribution in [0.5, 0.6) is 5.75 Å². The van der Waals surface area contributed by atoms with Crippen molar-refractivity contribution in [2.75, 3.05) is 37.0 Å². The molecule has 0 spiro atoms. The van der Waals surface area contributed by atoms with E-state index in [1.807, 2.05) is 18.2 Å². The third kappa shape index (κ3) is 5.36. The summed E-state index contributed by atoms with van der Waals surface area (Å²) < 4.78 is 6.42. The van der Waals surface area contributed by atoms with Crippen molar-refractivity contribution in [3.05, 3.63) is 58.2 Å². The topological polar surface area (TPSA) is 91.0 Å². The molecular weight excluding hydrogens is 488 g/mol. The molecule has 9 heteroatoms. The number of imide groups is 1. The Morgan fingerprint density at radius 2 is 1.85 bits per heavy atom. The van der Waals surface area contributed by atoms with Crippen molar-refractivity contribution >= 4 is 51.2 Å². The van der Waals surface area contributed by atoms with Crippen LogP contribution in [0.3, 0.4) is 0 Å². The fourth-order valence-electron chi connectivity index (χ4n) is 3.92. The summed E-state index contributed by atoms with van der Waals surface area (Å²) in [5, 5.41) is 5.23. The highest BCUT2D eigenvalue weighted by Crippen LogP contribution is 2.29. The van der Waals surface area contributed by atoms with E-state index in [4.69, 9.17) is 4.74 Å². The van der Waals surface area contributed by atoms with Crippen LogP contribution in [0.4, 0.5) is 16.2 Å². The zero-order valence-electron chi connectivity index (χ0n) is 18.3.